The van der Waals surface area contributed by atoms with Crippen molar-refractivity contribution in [1.82, 2.24) is 5.32 Å². The Balaban J connectivity index is 4.74. The van der Waals surface area contributed by atoms with Crippen LogP contribution in [0.5, 0.6) is 0 Å². The highest BCUT2D eigenvalue weighted by atomic mass is 15.1. The standard InChI is InChI=1S/C12H23N2/c1-6-8-9-11(3)12(13-4)14(5)10-7-2/h6,8,10,13H,7,9H2,1-5H3/q+1. The van der Waals surface area contributed by atoms with Crippen molar-refractivity contribution in [2.24, 2.45) is 0 Å². The van der Waals surface area contributed by atoms with Crippen LogP contribution in [0, 0.1) is 0 Å². The predicted molar refractivity (Wildman–Crippen MR) is 63.7 cm³/mol. The lowest BCUT2D eigenvalue weighted by molar-refractivity contribution is -0.447. The van der Waals surface area contributed by atoms with E-state index in [4.69, 9.17) is 0 Å². The van der Waals surface area contributed by atoms with Gasteiger partial charge in [-0.1, -0.05) is 19.1 Å². The minimum Gasteiger partial charge on any atom is -0.277 e. The van der Waals surface area contributed by atoms with Gasteiger partial charge in [-0.25, -0.2) is 4.58 Å². The first-order valence-electron chi connectivity index (χ1n) is 5.22. The average Bonchev–Trinajstić information content (AvgIpc) is 2.16. The highest BCUT2D eigenvalue weighted by Crippen LogP contribution is 2.06. The molecule has 0 amide bonds. The first kappa shape index (κ1) is 12.9. The SMILES string of the molecule is CC=CCC(C)=C(NC)[N+](C)=CCC. The van der Waals surface area contributed by atoms with Crippen molar-refractivity contribution in [3.63, 3.8) is 0 Å². The van der Waals surface area contributed by atoms with Crippen molar-refractivity contribution in [1.29, 1.82) is 0 Å². The molecule has 0 aromatic heterocycles. The van der Waals surface area contributed by atoms with E-state index in [1.807, 2.05) is 14.0 Å². The molecule has 0 atom stereocenters. The van der Waals surface area contributed by atoms with Gasteiger partial charge in [0.1, 0.15) is 0 Å². The van der Waals surface area contributed by atoms with Gasteiger partial charge in [0, 0.05) is 5.57 Å². The first-order valence-corrected chi connectivity index (χ1v) is 5.22. The molecule has 0 heterocycles. The van der Waals surface area contributed by atoms with Crippen LogP contribution in [-0.4, -0.2) is 24.9 Å². The van der Waals surface area contributed by atoms with Gasteiger partial charge >= 0.3 is 0 Å². The summed E-state index contributed by atoms with van der Waals surface area (Å²) >= 11 is 0. The van der Waals surface area contributed by atoms with Crippen LogP contribution < -0.4 is 5.32 Å². The summed E-state index contributed by atoms with van der Waals surface area (Å²) < 4.78 is 2.15. The Hall–Kier alpha value is -1.05. The van der Waals surface area contributed by atoms with E-state index in [2.05, 4.69) is 49.2 Å². The smallest absolute Gasteiger partial charge is 0.272 e. The fraction of sp³-hybridized carbons (Fsp3) is 0.583. The average molecular weight is 195 g/mol. The summed E-state index contributed by atoms with van der Waals surface area (Å²) in [5.74, 6) is 1.20. The van der Waals surface area contributed by atoms with Crippen LogP contribution in [-0.2, 0) is 0 Å². The van der Waals surface area contributed by atoms with E-state index in [1.165, 1.54) is 11.4 Å². The van der Waals surface area contributed by atoms with Gasteiger partial charge in [-0.2, -0.15) is 0 Å². The summed E-state index contributed by atoms with van der Waals surface area (Å²) in [6.45, 7) is 6.35. The van der Waals surface area contributed by atoms with Crippen LogP contribution in [0.3, 0.4) is 0 Å². The molecule has 0 aromatic rings. The maximum Gasteiger partial charge on any atom is 0.272 e. The summed E-state index contributed by atoms with van der Waals surface area (Å²) in [6, 6.07) is 0. The molecular weight excluding hydrogens is 172 g/mol. The predicted octanol–water partition coefficient (Wildman–Crippen LogP) is 2.53. The molecule has 80 valence electrons. The second kappa shape index (κ2) is 7.36. The largest absolute Gasteiger partial charge is 0.277 e. The maximum atomic E-state index is 3.24. The Morgan fingerprint density at radius 2 is 2.07 bits per heavy atom. The zero-order valence-corrected chi connectivity index (χ0v) is 10.1. The number of hydrogen-bond acceptors (Lipinski definition) is 1. The van der Waals surface area contributed by atoms with Gasteiger partial charge in [-0.05, 0) is 26.7 Å². The van der Waals surface area contributed by atoms with Gasteiger partial charge in [-0.3, -0.25) is 5.32 Å². The van der Waals surface area contributed by atoms with E-state index in [0.717, 1.165) is 12.8 Å². The highest BCUT2D eigenvalue weighted by Gasteiger charge is 2.07. The second-order valence-electron chi connectivity index (χ2n) is 3.35. The van der Waals surface area contributed by atoms with Crippen LogP contribution in [0.4, 0.5) is 0 Å². The van der Waals surface area contributed by atoms with Crippen molar-refractivity contribution >= 4 is 6.21 Å². The van der Waals surface area contributed by atoms with Crippen molar-refractivity contribution in [2.75, 3.05) is 14.1 Å². The molecule has 0 aliphatic heterocycles. The van der Waals surface area contributed by atoms with Gasteiger partial charge in [0.25, 0.3) is 5.82 Å². The number of nitrogens with zero attached hydrogens (tertiary/aromatic N) is 1. The molecule has 0 saturated heterocycles. The maximum absolute atomic E-state index is 3.24. The van der Waals surface area contributed by atoms with E-state index in [9.17, 15) is 0 Å². The van der Waals surface area contributed by atoms with Crippen LogP contribution in [0.15, 0.2) is 23.5 Å². The van der Waals surface area contributed by atoms with Crippen LogP contribution >= 0.6 is 0 Å². The van der Waals surface area contributed by atoms with E-state index < -0.39 is 0 Å². The molecule has 0 spiro atoms. The minimum atomic E-state index is 1.01. The Bertz CT molecular complexity index is 247. The lowest BCUT2D eigenvalue weighted by Gasteiger charge is -2.05. The fourth-order valence-corrected chi connectivity index (χ4v) is 1.45. The molecule has 0 aromatic carbocycles. The molecule has 0 rings (SSSR count). The van der Waals surface area contributed by atoms with Crippen LogP contribution in [0.2, 0.25) is 0 Å². The zero-order valence-electron chi connectivity index (χ0n) is 10.1. The van der Waals surface area contributed by atoms with Gasteiger partial charge in [0.15, 0.2) is 0 Å². The quantitative estimate of drug-likeness (QED) is 0.405. The van der Waals surface area contributed by atoms with Crippen LogP contribution in [0.1, 0.15) is 33.6 Å². The van der Waals surface area contributed by atoms with Gasteiger partial charge in [0.2, 0.25) is 0 Å². The zero-order chi connectivity index (χ0) is 11.0. The molecule has 2 nitrogen and oxygen atoms in total. The lowest BCUT2D eigenvalue weighted by atomic mass is 10.2. The number of nitrogens with one attached hydrogen (secondary N) is 1. The molecule has 2 heteroatoms. The topological polar surface area (TPSA) is 15.0 Å². The molecule has 1 N–H and O–H groups in total. The molecule has 0 fully saturated rings. The van der Waals surface area contributed by atoms with E-state index >= 15 is 0 Å². The Morgan fingerprint density at radius 3 is 2.50 bits per heavy atom. The van der Waals surface area contributed by atoms with Crippen molar-refractivity contribution in [2.45, 2.75) is 33.6 Å². The van der Waals surface area contributed by atoms with E-state index in [1.54, 1.807) is 0 Å². The van der Waals surface area contributed by atoms with Crippen molar-refractivity contribution in [3.8, 4) is 0 Å². The monoisotopic (exact) mass is 195 g/mol. The minimum absolute atomic E-state index is 1.01. The van der Waals surface area contributed by atoms with Gasteiger partial charge in [0.05, 0.1) is 20.3 Å². The van der Waals surface area contributed by atoms with Crippen molar-refractivity contribution < 1.29 is 4.58 Å². The highest BCUT2D eigenvalue weighted by molar-refractivity contribution is 5.51. The first-order chi connectivity index (χ1) is 6.67. The number of hydrogen-bond donors (Lipinski definition) is 1. The molecule has 0 unspecified atom stereocenters. The van der Waals surface area contributed by atoms with Crippen LogP contribution in [0.25, 0.3) is 0 Å². The van der Waals surface area contributed by atoms with Gasteiger partial charge in [-0.15, -0.1) is 0 Å². The summed E-state index contributed by atoms with van der Waals surface area (Å²) in [4.78, 5) is 0. The van der Waals surface area contributed by atoms with Gasteiger partial charge < -0.3 is 0 Å². The molecule has 0 radical (unpaired) electrons. The van der Waals surface area contributed by atoms with Crippen molar-refractivity contribution in [3.05, 3.63) is 23.5 Å². The Kier molecular flexibility index (Phi) is 6.81. The molecule has 0 aliphatic carbocycles. The lowest BCUT2D eigenvalue weighted by Crippen LogP contribution is -2.20. The number of allylic oxidation sites excluding steroid dienone is 3. The Morgan fingerprint density at radius 1 is 1.43 bits per heavy atom. The fourth-order valence-electron chi connectivity index (χ4n) is 1.45. The third-order valence-corrected chi connectivity index (χ3v) is 2.11. The van der Waals surface area contributed by atoms with E-state index in [-0.39, 0.29) is 0 Å². The third kappa shape index (κ3) is 4.26. The summed E-state index contributed by atoms with van der Waals surface area (Å²) in [7, 11) is 4.04. The molecular formula is C12H23N2+. The van der Waals surface area contributed by atoms with E-state index in [0.29, 0.717) is 0 Å². The number of rotatable bonds is 5. The molecule has 0 aliphatic rings. The summed E-state index contributed by atoms with van der Waals surface area (Å²) in [5.41, 5.74) is 1.36. The molecule has 0 saturated carbocycles. The third-order valence-electron chi connectivity index (χ3n) is 2.11. The molecule has 14 heavy (non-hydrogen) atoms. The second-order valence-corrected chi connectivity index (χ2v) is 3.35. The Labute approximate surface area is 88.0 Å². The summed E-state index contributed by atoms with van der Waals surface area (Å²) in [5, 5.41) is 3.24. The summed E-state index contributed by atoms with van der Waals surface area (Å²) in [6.07, 6.45) is 8.49. The molecule has 0 bridgehead atoms. The normalized spacial score (nSPS) is 14.5.